The topological polar surface area (TPSA) is 24.9 Å². The number of aromatic nitrogens is 1. The maximum absolute atomic E-state index is 4.19. The number of rotatable bonds is 3. The SMILES string of the molecule is CC1(C)CCc2ccccc2C1NCc1cccnc1. The van der Waals surface area contributed by atoms with Crippen molar-refractivity contribution in [3.8, 4) is 0 Å². The average Bonchev–Trinajstić information content (AvgIpc) is 2.47. The van der Waals surface area contributed by atoms with Gasteiger partial charge < -0.3 is 5.32 Å². The molecule has 0 aliphatic heterocycles. The van der Waals surface area contributed by atoms with Crippen LogP contribution in [0.5, 0.6) is 0 Å². The molecule has 1 aromatic carbocycles. The van der Waals surface area contributed by atoms with E-state index < -0.39 is 0 Å². The summed E-state index contributed by atoms with van der Waals surface area (Å²) in [4.78, 5) is 4.19. The van der Waals surface area contributed by atoms with Gasteiger partial charge in [0.25, 0.3) is 0 Å². The highest BCUT2D eigenvalue weighted by atomic mass is 14.9. The Morgan fingerprint density at radius 1 is 1.20 bits per heavy atom. The van der Waals surface area contributed by atoms with E-state index >= 15 is 0 Å². The van der Waals surface area contributed by atoms with Gasteiger partial charge in [-0.05, 0) is 41.0 Å². The lowest BCUT2D eigenvalue weighted by Gasteiger charge is -2.40. The summed E-state index contributed by atoms with van der Waals surface area (Å²) < 4.78 is 0. The highest BCUT2D eigenvalue weighted by Gasteiger charge is 2.35. The first-order valence-corrected chi connectivity index (χ1v) is 7.37. The normalized spacial score (nSPS) is 20.4. The van der Waals surface area contributed by atoms with Gasteiger partial charge in [-0.2, -0.15) is 0 Å². The van der Waals surface area contributed by atoms with Crippen molar-refractivity contribution in [2.75, 3.05) is 0 Å². The summed E-state index contributed by atoms with van der Waals surface area (Å²) >= 11 is 0. The summed E-state index contributed by atoms with van der Waals surface area (Å²) in [6, 6.07) is 13.4. The molecule has 2 nitrogen and oxygen atoms in total. The van der Waals surface area contributed by atoms with Crippen LogP contribution >= 0.6 is 0 Å². The standard InChI is InChI=1S/C18H22N2/c1-18(2)10-9-15-7-3-4-8-16(15)17(18)20-13-14-6-5-11-19-12-14/h3-8,11-12,17,20H,9-10,13H2,1-2H3. The van der Waals surface area contributed by atoms with Crippen molar-refractivity contribution in [3.05, 3.63) is 65.5 Å². The molecule has 0 amide bonds. The molecule has 1 heterocycles. The highest BCUT2D eigenvalue weighted by molar-refractivity contribution is 5.34. The molecule has 0 bridgehead atoms. The fourth-order valence-electron chi connectivity index (χ4n) is 3.17. The molecule has 2 aromatic rings. The molecule has 20 heavy (non-hydrogen) atoms. The lowest BCUT2D eigenvalue weighted by Crippen LogP contribution is -2.37. The largest absolute Gasteiger partial charge is 0.305 e. The number of fused-ring (bicyclic) bond motifs is 1. The number of aryl methyl sites for hydroxylation is 1. The Morgan fingerprint density at radius 3 is 2.85 bits per heavy atom. The summed E-state index contributed by atoms with van der Waals surface area (Å²) in [7, 11) is 0. The molecule has 104 valence electrons. The summed E-state index contributed by atoms with van der Waals surface area (Å²) in [5.41, 5.74) is 4.49. The highest BCUT2D eigenvalue weighted by Crippen LogP contribution is 2.43. The van der Waals surface area contributed by atoms with E-state index in [2.05, 4.69) is 54.5 Å². The second-order valence-electron chi connectivity index (χ2n) is 6.36. The number of pyridine rings is 1. The van der Waals surface area contributed by atoms with Crippen LogP contribution in [0.1, 0.15) is 43.0 Å². The first-order chi connectivity index (χ1) is 9.67. The van der Waals surface area contributed by atoms with Crippen LogP contribution in [0, 0.1) is 5.41 Å². The Balaban J connectivity index is 1.83. The number of hydrogen-bond acceptors (Lipinski definition) is 2. The molecule has 1 N–H and O–H groups in total. The molecule has 2 heteroatoms. The van der Waals surface area contributed by atoms with Crippen molar-refractivity contribution in [1.29, 1.82) is 0 Å². The van der Waals surface area contributed by atoms with Gasteiger partial charge in [0.15, 0.2) is 0 Å². The number of hydrogen-bond donors (Lipinski definition) is 1. The predicted molar refractivity (Wildman–Crippen MR) is 82.4 cm³/mol. The zero-order valence-electron chi connectivity index (χ0n) is 12.3. The van der Waals surface area contributed by atoms with Crippen molar-refractivity contribution in [3.63, 3.8) is 0 Å². The van der Waals surface area contributed by atoms with E-state index in [0.717, 1.165) is 6.54 Å². The minimum atomic E-state index is 0.288. The van der Waals surface area contributed by atoms with Crippen LogP contribution in [0.4, 0.5) is 0 Å². The molecule has 1 aliphatic rings. The lowest BCUT2D eigenvalue weighted by atomic mass is 9.70. The number of benzene rings is 1. The first kappa shape index (κ1) is 13.3. The van der Waals surface area contributed by atoms with Crippen LogP contribution < -0.4 is 5.32 Å². The molecule has 0 spiro atoms. The van der Waals surface area contributed by atoms with Gasteiger partial charge in [0.1, 0.15) is 0 Å². The van der Waals surface area contributed by atoms with E-state index in [1.807, 2.05) is 18.5 Å². The van der Waals surface area contributed by atoms with E-state index in [0.29, 0.717) is 6.04 Å². The van der Waals surface area contributed by atoms with Crippen LogP contribution in [0.3, 0.4) is 0 Å². The van der Waals surface area contributed by atoms with Gasteiger partial charge in [-0.15, -0.1) is 0 Å². The molecule has 1 atom stereocenters. The third kappa shape index (κ3) is 2.61. The molecule has 3 rings (SSSR count). The lowest BCUT2D eigenvalue weighted by molar-refractivity contribution is 0.208. The zero-order valence-corrected chi connectivity index (χ0v) is 12.3. The monoisotopic (exact) mass is 266 g/mol. The zero-order chi connectivity index (χ0) is 14.0. The van der Waals surface area contributed by atoms with E-state index in [1.165, 1.54) is 29.5 Å². The van der Waals surface area contributed by atoms with Crippen LogP contribution in [-0.4, -0.2) is 4.98 Å². The fourth-order valence-corrected chi connectivity index (χ4v) is 3.17. The third-order valence-corrected chi connectivity index (χ3v) is 4.42. The van der Waals surface area contributed by atoms with Crippen LogP contribution in [0.25, 0.3) is 0 Å². The van der Waals surface area contributed by atoms with Crippen LogP contribution in [0.2, 0.25) is 0 Å². The summed E-state index contributed by atoms with van der Waals surface area (Å²) in [6.45, 7) is 5.60. The maximum Gasteiger partial charge on any atom is 0.0377 e. The van der Waals surface area contributed by atoms with E-state index in [1.54, 1.807) is 0 Å². The fraction of sp³-hybridized carbons (Fsp3) is 0.389. The molecule has 1 aliphatic carbocycles. The Bertz CT molecular complexity index is 575. The quantitative estimate of drug-likeness (QED) is 0.911. The Hall–Kier alpha value is -1.67. The van der Waals surface area contributed by atoms with Crippen molar-refractivity contribution in [2.24, 2.45) is 5.41 Å². The second-order valence-corrected chi connectivity index (χ2v) is 6.36. The molecule has 0 saturated heterocycles. The van der Waals surface area contributed by atoms with Gasteiger partial charge in [-0.3, -0.25) is 4.98 Å². The van der Waals surface area contributed by atoms with E-state index in [9.17, 15) is 0 Å². The smallest absolute Gasteiger partial charge is 0.0377 e. The van der Waals surface area contributed by atoms with E-state index in [4.69, 9.17) is 0 Å². The Morgan fingerprint density at radius 2 is 2.05 bits per heavy atom. The number of nitrogens with one attached hydrogen (secondary N) is 1. The van der Waals surface area contributed by atoms with Gasteiger partial charge in [0.2, 0.25) is 0 Å². The second kappa shape index (κ2) is 5.37. The molecular weight excluding hydrogens is 244 g/mol. The Kier molecular flexibility index (Phi) is 3.58. The molecular formula is C18H22N2. The molecule has 1 aromatic heterocycles. The molecule has 1 unspecified atom stereocenters. The third-order valence-electron chi connectivity index (χ3n) is 4.42. The predicted octanol–water partition coefficient (Wildman–Crippen LogP) is 3.88. The summed E-state index contributed by atoms with van der Waals surface area (Å²) in [5.74, 6) is 0. The van der Waals surface area contributed by atoms with Crippen molar-refractivity contribution in [2.45, 2.75) is 39.3 Å². The average molecular weight is 266 g/mol. The van der Waals surface area contributed by atoms with Crippen LogP contribution in [-0.2, 0) is 13.0 Å². The molecule has 0 saturated carbocycles. The van der Waals surface area contributed by atoms with Gasteiger partial charge in [-0.1, -0.05) is 44.2 Å². The van der Waals surface area contributed by atoms with Crippen molar-refractivity contribution in [1.82, 2.24) is 10.3 Å². The summed E-state index contributed by atoms with van der Waals surface area (Å²) in [6.07, 6.45) is 6.18. The van der Waals surface area contributed by atoms with Gasteiger partial charge in [0.05, 0.1) is 0 Å². The van der Waals surface area contributed by atoms with Gasteiger partial charge in [0, 0.05) is 25.0 Å². The summed E-state index contributed by atoms with van der Waals surface area (Å²) in [5, 5.41) is 3.74. The maximum atomic E-state index is 4.19. The Labute approximate surface area is 121 Å². The number of nitrogens with zero attached hydrogens (tertiary/aromatic N) is 1. The first-order valence-electron chi connectivity index (χ1n) is 7.37. The minimum absolute atomic E-state index is 0.288. The molecule has 0 fully saturated rings. The molecule has 0 radical (unpaired) electrons. The van der Waals surface area contributed by atoms with Crippen LogP contribution in [0.15, 0.2) is 48.8 Å². The van der Waals surface area contributed by atoms with Gasteiger partial charge >= 0.3 is 0 Å². The van der Waals surface area contributed by atoms with Gasteiger partial charge in [-0.25, -0.2) is 0 Å². The van der Waals surface area contributed by atoms with Crippen molar-refractivity contribution >= 4 is 0 Å². The van der Waals surface area contributed by atoms with Crippen molar-refractivity contribution < 1.29 is 0 Å². The minimum Gasteiger partial charge on any atom is -0.305 e. The van der Waals surface area contributed by atoms with E-state index in [-0.39, 0.29) is 5.41 Å².